The Balaban J connectivity index is 1.56. The van der Waals surface area contributed by atoms with Crippen LogP contribution < -0.4 is 10.2 Å². The molecule has 5 heteroatoms. The molecule has 1 heterocycles. The van der Waals surface area contributed by atoms with Crippen LogP contribution in [0.4, 0.5) is 11.4 Å². The predicted octanol–water partition coefficient (Wildman–Crippen LogP) is 4.54. The molecular weight excluding hydrogens is 352 g/mol. The molecule has 5 nitrogen and oxygen atoms in total. The smallest absolute Gasteiger partial charge is 0.250 e. The molecule has 2 fully saturated rings. The van der Waals surface area contributed by atoms with Crippen LogP contribution in [0.3, 0.4) is 0 Å². The van der Waals surface area contributed by atoms with E-state index >= 15 is 0 Å². The van der Waals surface area contributed by atoms with Crippen LogP contribution in [0.15, 0.2) is 18.2 Å². The van der Waals surface area contributed by atoms with Crippen LogP contribution in [-0.4, -0.2) is 31.1 Å². The lowest BCUT2D eigenvalue weighted by molar-refractivity contribution is -0.126. The lowest BCUT2D eigenvalue weighted by Crippen LogP contribution is -2.36. The van der Waals surface area contributed by atoms with Gasteiger partial charge in [-0.3, -0.25) is 9.59 Å². The summed E-state index contributed by atoms with van der Waals surface area (Å²) in [6.45, 7) is 9.59. The number of anilines is 2. The SMILES string of the molecule is Cc1cc(NC(=O)CO[C@@H]2C[C@H](C)CC[C@@H]2C(C)C)ccc1N1CCCC1=O. The molecule has 1 aromatic carbocycles. The minimum absolute atomic E-state index is 0.0893. The highest BCUT2D eigenvalue weighted by molar-refractivity contribution is 5.97. The fourth-order valence-electron chi connectivity index (χ4n) is 4.63. The summed E-state index contributed by atoms with van der Waals surface area (Å²) in [5, 5.41) is 2.94. The van der Waals surface area contributed by atoms with Crippen LogP contribution in [0.2, 0.25) is 0 Å². The predicted molar refractivity (Wildman–Crippen MR) is 112 cm³/mol. The number of carbonyl (C=O) groups is 2. The monoisotopic (exact) mass is 386 g/mol. The molecule has 28 heavy (non-hydrogen) atoms. The van der Waals surface area contributed by atoms with Gasteiger partial charge in [0, 0.05) is 24.3 Å². The Hall–Kier alpha value is -1.88. The molecule has 1 saturated heterocycles. The van der Waals surface area contributed by atoms with Crippen LogP contribution in [0.25, 0.3) is 0 Å². The second-order valence-corrected chi connectivity index (χ2v) is 8.87. The van der Waals surface area contributed by atoms with E-state index in [1.165, 1.54) is 12.8 Å². The highest BCUT2D eigenvalue weighted by Gasteiger charge is 2.31. The summed E-state index contributed by atoms with van der Waals surface area (Å²) in [4.78, 5) is 26.2. The molecule has 154 valence electrons. The van der Waals surface area contributed by atoms with E-state index in [1.807, 2.05) is 30.0 Å². The fourth-order valence-corrected chi connectivity index (χ4v) is 4.63. The maximum absolute atomic E-state index is 12.4. The summed E-state index contributed by atoms with van der Waals surface area (Å²) in [6, 6.07) is 5.72. The molecule has 0 bridgehead atoms. The summed E-state index contributed by atoms with van der Waals surface area (Å²) in [6.07, 6.45) is 5.16. The first kappa shape index (κ1) is 20.8. The Morgan fingerprint density at radius 3 is 2.75 bits per heavy atom. The minimum Gasteiger partial charge on any atom is -0.368 e. The maximum Gasteiger partial charge on any atom is 0.250 e. The zero-order chi connectivity index (χ0) is 20.3. The van der Waals surface area contributed by atoms with E-state index in [-0.39, 0.29) is 24.5 Å². The van der Waals surface area contributed by atoms with Gasteiger partial charge in [-0.05, 0) is 67.7 Å². The van der Waals surface area contributed by atoms with Gasteiger partial charge >= 0.3 is 0 Å². The Morgan fingerprint density at radius 1 is 1.32 bits per heavy atom. The number of amides is 2. The molecule has 1 N–H and O–H groups in total. The molecule has 1 aromatic rings. The summed E-state index contributed by atoms with van der Waals surface area (Å²) in [7, 11) is 0. The van der Waals surface area contributed by atoms with E-state index < -0.39 is 0 Å². The van der Waals surface area contributed by atoms with Gasteiger partial charge in [0.15, 0.2) is 0 Å². The number of nitrogens with one attached hydrogen (secondary N) is 1. The van der Waals surface area contributed by atoms with Crippen LogP contribution in [0.5, 0.6) is 0 Å². The third-order valence-corrected chi connectivity index (χ3v) is 6.23. The van der Waals surface area contributed by atoms with Crippen molar-refractivity contribution in [1.82, 2.24) is 0 Å². The van der Waals surface area contributed by atoms with Gasteiger partial charge in [-0.15, -0.1) is 0 Å². The van der Waals surface area contributed by atoms with Gasteiger partial charge in [0.25, 0.3) is 0 Å². The van der Waals surface area contributed by atoms with Gasteiger partial charge in [0.2, 0.25) is 11.8 Å². The molecule has 3 atom stereocenters. The van der Waals surface area contributed by atoms with Crippen LogP contribution in [0, 0.1) is 24.7 Å². The maximum atomic E-state index is 12.4. The highest BCUT2D eigenvalue weighted by Crippen LogP contribution is 2.35. The van der Waals surface area contributed by atoms with Gasteiger partial charge in [0.1, 0.15) is 6.61 Å². The topological polar surface area (TPSA) is 58.6 Å². The molecule has 0 aromatic heterocycles. The number of carbonyl (C=O) groups excluding carboxylic acids is 2. The van der Waals surface area contributed by atoms with Gasteiger partial charge in [-0.2, -0.15) is 0 Å². The molecule has 3 rings (SSSR count). The third kappa shape index (κ3) is 4.93. The van der Waals surface area contributed by atoms with Gasteiger partial charge in [-0.1, -0.05) is 27.2 Å². The van der Waals surface area contributed by atoms with Crippen LogP contribution in [-0.2, 0) is 14.3 Å². The normalized spacial score (nSPS) is 25.4. The average Bonchev–Trinajstić information content (AvgIpc) is 3.05. The molecule has 2 amide bonds. The van der Waals surface area contributed by atoms with Crippen molar-refractivity contribution in [3.63, 3.8) is 0 Å². The minimum atomic E-state index is -0.120. The van der Waals surface area contributed by atoms with Crippen molar-refractivity contribution in [1.29, 1.82) is 0 Å². The van der Waals surface area contributed by atoms with Gasteiger partial charge in [-0.25, -0.2) is 0 Å². The largest absolute Gasteiger partial charge is 0.368 e. The van der Waals surface area contributed by atoms with E-state index in [1.54, 1.807) is 0 Å². The highest BCUT2D eigenvalue weighted by atomic mass is 16.5. The van der Waals surface area contributed by atoms with Crippen molar-refractivity contribution in [3.8, 4) is 0 Å². The van der Waals surface area contributed by atoms with E-state index in [9.17, 15) is 9.59 Å². The Labute approximate surface area is 168 Å². The van der Waals surface area contributed by atoms with Crippen molar-refractivity contribution in [2.75, 3.05) is 23.4 Å². The molecule has 1 aliphatic carbocycles. The second-order valence-electron chi connectivity index (χ2n) is 8.87. The molecule has 0 unspecified atom stereocenters. The zero-order valence-corrected chi connectivity index (χ0v) is 17.7. The number of hydrogen-bond acceptors (Lipinski definition) is 3. The lowest BCUT2D eigenvalue weighted by atomic mass is 9.75. The zero-order valence-electron chi connectivity index (χ0n) is 17.7. The molecule has 1 saturated carbocycles. The second kappa shape index (κ2) is 9.08. The van der Waals surface area contributed by atoms with Crippen molar-refractivity contribution in [3.05, 3.63) is 23.8 Å². The summed E-state index contributed by atoms with van der Waals surface area (Å²) < 4.78 is 6.05. The van der Waals surface area contributed by atoms with E-state index in [0.717, 1.165) is 36.3 Å². The van der Waals surface area contributed by atoms with Crippen molar-refractivity contribution in [2.24, 2.45) is 17.8 Å². The first-order chi connectivity index (χ1) is 13.3. The van der Waals surface area contributed by atoms with Gasteiger partial charge in [0.05, 0.1) is 6.10 Å². The first-order valence-electron chi connectivity index (χ1n) is 10.7. The standard InChI is InChI=1S/C23H34N2O3/c1-15(2)19-9-7-16(3)12-21(19)28-14-22(26)24-18-8-10-20(17(4)13-18)25-11-5-6-23(25)27/h8,10,13,15-16,19,21H,5-7,9,11-12,14H2,1-4H3,(H,24,26)/t16-,19-,21-/m1/s1. The number of ether oxygens (including phenoxy) is 1. The van der Waals surface area contributed by atoms with Crippen LogP contribution in [0.1, 0.15) is 58.4 Å². The third-order valence-electron chi connectivity index (χ3n) is 6.23. The number of rotatable bonds is 6. The molecular formula is C23H34N2O3. The summed E-state index contributed by atoms with van der Waals surface area (Å²) >= 11 is 0. The van der Waals surface area contributed by atoms with E-state index in [2.05, 4.69) is 26.1 Å². The lowest BCUT2D eigenvalue weighted by Gasteiger charge is -2.37. The Morgan fingerprint density at radius 2 is 2.11 bits per heavy atom. The van der Waals surface area contributed by atoms with Crippen molar-refractivity contribution < 1.29 is 14.3 Å². The summed E-state index contributed by atoms with van der Waals surface area (Å²) in [5.74, 6) is 1.82. The Bertz CT molecular complexity index is 716. The molecule has 0 spiro atoms. The molecule has 0 radical (unpaired) electrons. The average molecular weight is 387 g/mol. The number of aryl methyl sites for hydroxylation is 1. The van der Waals surface area contributed by atoms with E-state index in [0.29, 0.717) is 24.2 Å². The molecule has 1 aliphatic heterocycles. The van der Waals surface area contributed by atoms with Crippen molar-refractivity contribution >= 4 is 23.2 Å². The molecule has 2 aliphatic rings. The number of benzene rings is 1. The quantitative estimate of drug-likeness (QED) is 0.781. The Kier molecular flexibility index (Phi) is 6.76. The van der Waals surface area contributed by atoms with E-state index in [4.69, 9.17) is 4.74 Å². The van der Waals surface area contributed by atoms with Crippen molar-refractivity contribution in [2.45, 2.75) is 65.9 Å². The number of hydrogen-bond donors (Lipinski definition) is 1. The first-order valence-corrected chi connectivity index (χ1v) is 10.7. The number of nitrogens with zero attached hydrogens (tertiary/aromatic N) is 1. The fraction of sp³-hybridized carbons (Fsp3) is 0.652. The summed E-state index contributed by atoms with van der Waals surface area (Å²) in [5.41, 5.74) is 2.68. The van der Waals surface area contributed by atoms with Gasteiger partial charge < -0.3 is 15.0 Å². The van der Waals surface area contributed by atoms with Crippen LogP contribution >= 0.6 is 0 Å².